The number of rotatable bonds is 3. The number of aromatic nitrogens is 1. The lowest BCUT2D eigenvalue weighted by atomic mass is 9.90. The molecule has 0 spiro atoms. The van der Waals surface area contributed by atoms with Gasteiger partial charge in [0, 0.05) is 47.1 Å². The number of nitrogens with zero attached hydrogens (tertiary/aromatic N) is 4. The molecule has 9 nitrogen and oxygen atoms in total. The van der Waals surface area contributed by atoms with E-state index in [0.717, 1.165) is 11.1 Å². The topological polar surface area (TPSA) is 107 Å². The molecule has 1 unspecified atom stereocenters. The highest BCUT2D eigenvalue weighted by Gasteiger charge is 2.30. The standard InChI is InChI=1S/C23H18N4O5/c1-14-12-26(23(28)16-6-8-24-9-7-16)25-22(15-2-4-17(5-3-15)27(29)30)19-11-21-20(10-18(14)19)31-13-32-21/h2-11,14H,12-13H2,1H3. The summed E-state index contributed by atoms with van der Waals surface area (Å²) in [6, 6.07) is 13.2. The van der Waals surface area contributed by atoms with Crippen molar-refractivity contribution in [2.24, 2.45) is 5.10 Å². The summed E-state index contributed by atoms with van der Waals surface area (Å²) in [6.07, 6.45) is 3.12. The number of carbonyl (C=O) groups excluding carboxylic acids is 1. The van der Waals surface area contributed by atoms with E-state index in [2.05, 4.69) is 4.98 Å². The van der Waals surface area contributed by atoms with Crippen LogP contribution < -0.4 is 9.47 Å². The van der Waals surface area contributed by atoms with Gasteiger partial charge in [0.1, 0.15) is 0 Å². The number of carbonyl (C=O) groups is 1. The van der Waals surface area contributed by atoms with Gasteiger partial charge in [-0.25, -0.2) is 5.01 Å². The molecule has 2 aromatic carbocycles. The molecule has 0 saturated heterocycles. The lowest BCUT2D eigenvalue weighted by Gasteiger charge is -2.19. The van der Waals surface area contributed by atoms with Gasteiger partial charge < -0.3 is 9.47 Å². The Balaban J connectivity index is 1.66. The van der Waals surface area contributed by atoms with Crippen LogP contribution in [0.25, 0.3) is 0 Å². The number of amides is 1. The van der Waals surface area contributed by atoms with Crippen LogP contribution in [0.15, 0.2) is 66.0 Å². The maximum absolute atomic E-state index is 13.2. The Labute approximate surface area is 183 Å². The van der Waals surface area contributed by atoms with Gasteiger partial charge in [0.05, 0.1) is 17.2 Å². The predicted molar refractivity (Wildman–Crippen MR) is 115 cm³/mol. The largest absolute Gasteiger partial charge is 0.454 e. The summed E-state index contributed by atoms with van der Waals surface area (Å²) in [5.41, 5.74) is 3.38. The number of hydrogen-bond acceptors (Lipinski definition) is 7. The van der Waals surface area contributed by atoms with Crippen molar-refractivity contribution >= 4 is 17.3 Å². The van der Waals surface area contributed by atoms with Crippen LogP contribution in [0.5, 0.6) is 11.5 Å². The van der Waals surface area contributed by atoms with E-state index in [1.807, 2.05) is 19.1 Å². The molecule has 0 N–H and O–H groups in total. The van der Waals surface area contributed by atoms with Gasteiger partial charge in [-0.1, -0.05) is 6.92 Å². The first kappa shape index (κ1) is 19.7. The van der Waals surface area contributed by atoms with Gasteiger partial charge in [0.25, 0.3) is 11.6 Å². The number of pyridine rings is 1. The molecule has 1 aromatic heterocycles. The molecule has 9 heteroatoms. The highest BCUT2D eigenvalue weighted by molar-refractivity contribution is 6.15. The molecule has 160 valence electrons. The molecule has 2 aliphatic heterocycles. The molecular formula is C23H18N4O5. The van der Waals surface area contributed by atoms with E-state index in [1.54, 1.807) is 36.7 Å². The minimum absolute atomic E-state index is 0.0213. The number of hydrazone groups is 1. The lowest BCUT2D eigenvalue weighted by molar-refractivity contribution is -0.384. The van der Waals surface area contributed by atoms with Crippen molar-refractivity contribution in [2.75, 3.05) is 13.3 Å². The summed E-state index contributed by atoms with van der Waals surface area (Å²) in [6.45, 7) is 2.51. The van der Waals surface area contributed by atoms with Gasteiger partial charge in [-0.3, -0.25) is 19.9 Å². The van der Waals surface area contributed by atoms with E-state index in [0.29, 0.717) is 34.9 Å². The van der Waals surface area contributed by atoms with E-state index in [4.69, 9.17) is 14.6 Å². The molecule has 32 heavy (non-hydrogen) atoms. The minimum atomic E-state index is -0.452. The Bertz CT molecular complexity index is 1240. The number of nitro groups is 1. The van der Waals surface area contributed by atoms with Gasteiger partial charge in [0.15, 0.2) is 11.5 Å². The van der Waals surface area contributed by atoms with E-state index in [9.17, 15) is 14.9 Å². The summed E-state index contributed by atoms with van der Waals surface area (Å²) in [5.74, 6) is 0.933. The average Bonchev–Trinajstić information content (AvgIpc) is 3.23. The second-order valence-electron chi connectivity index (χ2n) is 7.57. The van der Waals surface area contributed by atoms with Crippen molar-refractivity contribution in [3.63, 3.8) is 0 Å². The second-order valence-corrected chi connectivity index (χ2v) is 7.57. The van der Waals surface area contributed by atoms with E-state index in [1.165, 1.54) is 17.1 Å². The zero-order valence-electron chi connectivity index (χ0n) is 17.1. The Kier molecular flexibility index (Phi) is 4.78. The predicted octanol–water partition coefficient (Wildman–Crippen LogP) is 3.73. The van der Waals surface area contributed by atoms with Crippen LogP contribution in [0.4, 0.5) is 5.69 Å². The van der Waals surface area contributed by atoms with Crippen LogP contribution >= 0.6 is 0 Å². The van der Waals surface area contributed by atoms with Crippen molar-refractivity contribution in [3.8, 4) is 11.5 Å². The summed E-state index contributed by atoms with van der Waals surface area (Å²) in [5, 5.41) is 17.3. The normalized spacial score (nSPS) is 16.7. The Hall–Kier alpha value is -4.27. The summed E-state index contributed by atoms with van der Waals surface area (Å²) < 4.78 is 11.1. The van der Waals surface area contributed by atoms with Crippen molar-refractivity contribution < 1.29 is 19.2 Å². The van der Waals surface area contributed by atoms with Crippen LogP contribution in [0.2, 0.25) is 0 Å². The SMILES string of the molecule is CC1CN(C(=O)c2ccncc2)N=C(c2ccc([N+](=O)[O-])cc2)c2cc3c(cc21)OCO3. The number of fused-ring (bicyclic) bond motifs is 2. The molecule has 1 amide bonds. The highest BCUT2D eigenvalue weighted by atomic mass is 16.7. The molecular weight excluding hydrogens is 412 g/mol. The van der Waals surface area contributed by atoms with Crippen LogP contribution in [0, 0.1) is 10.1 Å². The molecule has 3 aromatic rings. The monoisotopic (exact) mass is 430 g/mol. The molecule has 2 aliphatic rings. The summed E-state index contributed by atoms with van der Waals surface area (Å²) in [4.78, 5) is 27.8. The fourth-order valence-electron chi connectivity index (χ4n) is 3.87. The van der Waals surface area contributed by atoms with Crippen LogP contribution in [-0.2, 0) is 0 Å². The molecule has 0 saturated carbocycles. The van der Waals surface area contributed by atoms with Crippen molar-refractivity contribution in [1.29, 1.82) is 0 Å². The van der Waals surface area contributed by atoms with Gasteiger partial charge in [-0.2, -0.15) is 5.10 Å². The zero-order valence-corrected chi connectivity index (χ0v) is 17.1. The number of hydrogen-bond donors (Lipinski definition) is 0. The fourth-order valence-corrected chi connectivity index (χ4v) is 3.87. The van der Waals surface area contributed by atoms with Crippen molar-refractivity contribution in [1.82, 2.24) is 9.99 Å². The number of nitro benzene ring substituents is 1. The first-order valence-corrected chi connectivity index (χ1v) is 10.0. The average molecular weight is 430 g/mol. The van der Waals surface area contributed by atoms with Crippen LogP contribution in [0.3, 0.4) is 0 Å². The third-order valence-corrected chi connectivity index (χ3v) is 5.51. The zero-order chi connectivity index (χ0) is 22.2. The first-order chi connectivity index (χ1) is 15.5. The van der Waals surface area contributed by atoms with Gasteiger partial charge >= 0.3 is 0 Å². The van der Waals surface area contributed by atoms with Crippen LogP contribution in [-0.4, -0.2) is 39.9 Å². The molecule has 5 rings (SSSR count). The van der Waals surface area contributed by atoms with Gasteiger partial charge in [-0.05, 0) is 42.0 Å². The molecule has 0 bridgehead atoms. The summed E-state index contributed by atoms with van der Waals surface area (Å²) >= 11 is 0. The van der Waals surface area contributed by atoms with Crippen molar-refractivity contribution in [2.45, 2.75) is 12.8 Å². The van der Waals surface area contributed by atoms with E-state index < -0.39 is 4.92 Å². The Morgan fingerprint density at radius 2 is 1.78 bits per heavy atom. The highest BCUT2D eigenvalue weighted by Crippen LogP contribution is 2.39. The molecule has 0 fully saturated rings. The summed E-state index contributed by atoms with van der Waals surface area (Å²) in [7, 11) is 0. The molecule has 1 atom stereocenters. The van der Waals surface area contributed by atoms with Crippen LogP contribution in [0.1, 0.15) is 39.9 Å². The van der Waals surface area contributed by atoms with E-state index in [-0.39, 0.29) is 24.3 Å². The fraction of sp³-hybridized carbons (Fsp3) is 0.174. The Morgan fingerprint density at radius 3 is 2.47 bits per heavy atom. The van der Waals surface area contributed by atoms with Crippen molar-refractivity contribution in [3.05, 3.63) is 93.3 Å². The third kappa shape index (κ3) is 3.43. The lowest BCUT2D eigenvalue weighted by Crippen LogP contribution is -2.29. The smallest absolute Gasteiger partial charge is 0.274 e. The van der Waals surface area contributed by atoms with E-state index >= 15 is 0 Å². The minimum Gasteiger partial charge on any atom is -0.454 e. The van der Waals surface area contributed by atoms with Gasteiger partial charge in [-0.15, -0.1) is 0 Å². The number of ether oxygens (including phenoxy) is 2. The third-order valence-electron chi connectivity index (χ3n) is 5.51. The molecule has 0 aliphatic carbocycles. The second kappa shape index (κ2) is 7.77. The quantitative estimate of drug-likeness (QED) is 0.463. The molecule has 0 radical (unpaired) electrons. The first-order valence-electron chi connectivity index (χ1n) is 10.0. The maximum atomic E-state index is 13.2. The Morgan fingerprint density at radius 1 is 1.09 bits per heavy atom. The molecule has 3 heterocycles. The number of benzene rings is 2. The maximum Gasteiger partial charge on any atom is 0.274 e. The number of non-ortho nitro benzene ring substituents is 1. The van der Waals surface area contributed by atoms with Gasteiger partial charge in [0.2, 0.25) is 6.79 Å².